The van der Waals surface area contributed by atoms with Crippen molar-refractivity contribution >= 4 is 11.8 Å². The van der Waals surface area contributed by atoms with Crippen LogP contribution in [0, 0.1) is 12.8 Å². The number of carbonyl (C=O) groups excluding carboxylic acids is 2. The molecule has 0 saturated carbocycles. The molecule has 0 bridgehead atoms. The Hall–Kier alpha value is -1.88. The third-order valence-corrected chi connectivity index (χ3v) is 4.92. The van der Waals surface area contributed by atoms with Gasteiger partial charge in [-0.1, -0.05) is 43.2 Å². The maximum atomic E-state index is 12.7. The van der Waals surface area contributed by atoms with E-state index in [-0.39, 0.29) is 23.8 Å². The van der Waals surface area contributed by atoms with Gasteiger partial charge in [0.25, 0.3) is 0 Å². The summed E-state index contributed by atoms with van der Waals surface area (Å²) in [5.74, 6) is -0.174. The number of aryl methyl sites for hydroxylation is 1. The number of piperidine rings is 1. The minimum Gasteiger partial charge on any atom is -0.353 e. The standard InChI is InChI=1S/C20H31N3O2/c1-4-6-15(3)22-19(24)17-7-5-12-23(13-17)20(25)18(21)16-10-8-14(2)9-11-16/h8-11,15,17-18H,4-7,12-13,21H2,1-3H3,(H,22,24). The molecule has 1 fully saturated rings. The summed E-state index contributed by atoms with van der Waals surface area (Å²) in [6, 6.07) is 7.24. The Morgan fingerprint density at radius 3 is 2.64 bits per heavy atom. The van der Waals surface area contributed by atoms with E-state index in [0.717, 1.165) is 36.8 Å². The van der Waals surface area contributed by atoms with Crippen molar-refractivity contribution in [3.8, 4) is 0 Å². The number of hydrogen-bond acceptors (Lipinski definition) is 3. The van der Waals surface area contributed by atoms with E-state index in [1.54, 1.807) is 4.90 Å². The van der Waals surface area contributed by atoms with Crippen molar-refractivity contribution in [3.05, 3.63) is 35.4 Å². The first-order chi connectivity index (χ1) is 11.9. The highest BCUT2D eigenvalue weighted by molar-refractivity contribution is 5.85. The number of nitrogens with zero attached hydrogens (tertiary/aromatic N) is 1. The summed E-state index contributed by atoms with van der Waals surface area (Å²) in [5.41, 5.74) is 8.13. The molecule has 2 rings (SSSR count). The molecule has 1 aromatic rings. The fourth-order valence-corrected chi connectivity index (χ4v) is 3.37. The van der Waals surface area contributed by atoms with Crippen molar-refractivity contribution in [1.82, 2.24) is 10.2 Å². The molecule has 5 heteroatoms. The summed E-state index contributed by atoms with van der Waals surface area (Å²) < 4.78 is 0. The molecule has 0 radical (unpaired) electrons. The van der Waals surface area contributed by atoms with Gasteiger partial charge < -0.3 is 16.0 Å². The maximum Gasteiger partial charge on any atom is 0.244 e. The van der Waals surface area contributed by atoms with Gasteiger partial charge in [-0.3, -0.25) is 9.59 Å². The number of amides is 2. The largest absolute Gasteiger partial charge is 0.353 e. The van der Waals surface area contributed by atoms with Crippen LogP contribution in [0.1, 0.15) is 56.7 Å². The first-order valence-corrected chi connectivity index (χ1v) is 9.33. The molecule has 138 valence electrons. The van der Waals surface area contributed by atoms with Gasteiger partial charge in [0.15, 0.2) is 0 Å². The average Bonchev–Trinajstić information content (AvgIpc) is 2.61. The van der Waals surface area contributed by atoms with Crippen molar-refractivity contribution in [2.24, 2.45) is 11.7 Å². The molecule has 5 nitrogen and oxygen atoms in total. The van der Waals surface area contributed by atoms with Gasteiger partial charge in [0.05, 0.1) is 5.92 Å². The molecule has 3 N–H and O–H groups in total. The van der Waals surface area contributed by atoms with Gasteiger partial charge in [-0.15, -0.1) is 0 Å². The van der Waals surface area contributed by atoms with Crippen LogP contribution >= 0.6 is 0 Å². The van der Waals surface area contributed by atoms with E-state index in [0.29, 0.717) is 13.1 Å². The van der Waals surface area contributed by atoms with Crippen molar-refractivity contribution in [3.63, 3.8) is 0 Å². The number of likely N-dealkylation sites (tertiary alicyclic amines) is 1. The molecule has 1 aliphatic heterocycles. The predicted molar refractivity (Wildman–Crippen MR) is 99.9 cm³/mol. The van der Waals surface area contributed by atoms with Crippen molar-refractivity contribution in [2.45, 2.75) is 58.5 Å². The number of nitrogens with one attached hydrogen (secondary N) is 1. The first kappa shape index (κ1) is 19.4. The Kier molecular flexibility index (Phi) is 7.00. The normalized spacial score (nSPS) is 20.0. The summed E-state index contributed by atoms with van der Waals surface area (Å²) in [7, 11) is 0. The minimum atomic E-state index is -0.665. The topological polar surface area (TPSA) is 75.4 Å². The highest BCUT2D eigenvalue weighted by Gasteiger charge is 2.31. The zero-order valence-electron chi connectivity index (χ0n) is 15.6. The molecule has 1 heterocycles. The van der Waals surface area contributed by atoms with Crippen LogP contribution in [0.2, 0.25) is 0 Å². The van der Waals surface area contributed by atoms with Crippen molar-refractivity contribution in [2.75, 3.05) is 13.1 Å². The predicted octanol–water partition coefficient (Wildman–Crippen LogP) is 2.54. The van der Waals surface area contributed by atoms with E-state index >= 15 is 0 Å². The Morgan fingerprint density at radius 2 is 2.00 bits per heavy atom. The SMILES string of the molecule is CCCC(C)NC(=O)C1CCCN(C(=O)C(N)c2ccc(C)cc2)C1. The second kappa shape index (κ2) is 8.99. The lowest BCUT2D eigenvalue weighted by Gasteiger charge is -2.34. The van der Waals surface area contributed by atoms with Crippen molar-refractivity contribution < 1.29 is 9.59 Å². The molecule has 3 atom stereocenters. The molecule has 1 aromatic carbocycles. The van der Waals surface area contributed by atoms with Crippen LogP contribution in [-0.2, 0) is 9.59 Å². The fourth-order valence-electron chi connectivity index (χ4n) is 3.37. The van der Waals surface area contributed by atoms with Gasteiger partial charge in [-0.25, -0.2) is 0 Å². The van der Waals surface area contributed by atoms with Crippen LogP contribution in [0.3, 0.4) is 0 Å². The van der Waals surface area contributed by atoms with Gasteiger partial charge in [0, 0.05) is 19.1 Å². The van der Waals surface area contributed by atoms with Crippen molar-refractivity contribution in [1.29, 1.82) is 0 Å². The van der Waals surface area contributed by atoms with E-state index in [9.17, 15) is 9.59 Å². The summed E-state index contributed by atoms with van der Waals surface area (Å²) in [6.07, 6.45) is 3.68. The summed E-state index contributed by atoms with van der Waals surface area (Å²) in [6.45, 7) is 7.27. The molecule has 2 amide bonds. The molecule has 25 heavy (non-hydrogen) atoms. The molecule has 0 spiro atoms. The summed E-state index contributed by atoms with van der Waals surface area (Å²) in [4.78, 5) is 26.9. The lowest BCUT2D eigenvalue weighted by Crippen LogP contribution is -2.49. The lowest BCUT2D eigenvalue weighted by molar-refractivity contribution is -0.137. The van der Waals surface area contributed by atoms with Crippen LogP contribution in [0.4, 0.5) is 0 Å². The van der Waals surface area contributed by atoms with Crippen LogP contribution in [0.25, 0.3) is 0 Å². The Bertz CT molecular complexity index is 585. The fraction of sp³-hybridized carbons (Fsp3) is 0.600. The summed E-state index contributed by atoms with van der Waals surface area (Å²) >= 11 is 0. The smallest absolute Gasteiger partial charge is 0.244 e. The van der Waals surface area contributed by atoms with Crippen LogP contribution < -0.4 is 11.1 Å². The van der Waals surface area contributed by atoms with Gasteiger partial charge in [0.1, 0.15) is 6.04 Å². The van der Waals surface area contributed by atoms with E-state index in [4.69, 9.17) is 5.73 Å². The van der Waals surface area contributed by atoms with E-state index in [2.05, 4.69) is 12.2 Å². The minimum absolute atomic E-state index is 0.0577. The summed E-state index contributed by atoms with van der Waals surface area (Å²) in [5, 5.41) is 3.07. The second-order valence-corrected chi connectivity index (χ2v) is 7.21. The zero-order chi connectivity index (χ0) is 18.4. The molecule has 3 unspecified atom stereocenters. The number of carbonyl (C=O) groups is 2. The third kappa shape index (κ3) is 5.30. The number of benzene rings is 1. The molecule has 0 aliphatic carbocycles. The number of nitrogens with two attached hydrogens (primary N) is 1. The van der Waals surface area contributed by atoms with Gasteiger partial charge in [-0.05, 0) is 38.7 Å². The molecule has 1 saturated heterocycles. The van der Waals surface area contributed by atoms with Gasteiger partial charge in [-0.2, -0.15) is 0 Å². The quantitative estimate of drug-likeness (QED) is 0.832. The van der Waals surface area contributed by atoms with Gasteiger partial charge >= 0.3 is 0 Å². The molecular weight excluding hydrogens is 314 g/mol. The molecular formula is C20H31N3O2. The Morgan fingerprint density at radius 1 is 1.32 bits per heavy atom. The maximum absolute atomic E-state index is 12.7. The lowest BCUT2D eigenvalue weighted by atomic mass is 9.95. The second-order valence-electron chi connectivity index (χ2n) is 7.21. The first-order valence-electron chi connectivity index (χ1n) is 9.33. The highest BCUT2D eigenvalue weighted by atomic mass is 16.2. The van der Waals surface area contributed by atoms with Crippen LogP contribution in [0.5, 0.6) is 0 Å². The zero-order valence-corrected chi connectivity index (χ0v) is 15.6. The van der Waals surface area contributed by atoms with E-state index in [1.165, 1.54) is 0 Å². The number of rotatable bonds is 6. The van der Waals surface area contributed by atoms with Gasteiger partial charge in [0.2, 0.25) is 11.8 Å². The van der Waals surface area contributed by atoms with E-state index in [1.807, 2.05) is 38.1 Å². The van der Waals surface area contributed by atoms with Crippen LogP contribution in [0.15, 0.2) is 24.3 Å². The Labute approximate surface area is 151 Å². The monoisotopic (exact) mass is 345 g/mol. The average molecular weight is 345 g/mol. The van der Waals surface area contributed by atoms with E-state index < -0.39 is 6.04 Å². The highest BCUT2D eigenvalue weighted by Crippen LogP contribution is 2.21. The molecule has 1 aliphatic rings. The third-order valence-electron chi connectivity index (χ3n) is 4.92. The number of hydrogen-bond donors (Lipinski definition) is 2. The Balaban J connectivity index is 1.96. The van der Waals surface area contributed by atoms with Crippen LogP contribution in [-0.4, -0.2) is 35.8 Å². The molecule has 0 aromatic heterocycles.